The van der Waals surface area contributed by atoms with E-state index in [0.717, 1.165) is 23.8 Å². The molecule has 0 atom stereocenters. The third-order valence-corrected chi connectivity index (χ3v) is 4.20. The number of nitrogens with zero attached hydrogens (tertiary/aromatic N) is 2. The van der Waals surface area contributed by atoms with E-state index < -0.39 is 11.5 Å². The van der Waals surface area contributed by atoms with E-state index >= 15 is 0 Å². The van der Waals surface area contributed by atoms with Crippen molar-refractivity contribution in [2.45, 2.75) is 31.7 Å². The Labute approximate surface area is 99.1 Å². The maximum Gasteiger partial charge on any atom is 0.329 e. The van der Waals surface area contributed by atoms with Crippen molar-refractivity contribution in [3.05, 3.63) is 18.2 Å². The van der Waals surface area contributed by atoms with Gasteiger partial charge in [0.05, 0.1) is 0 Å². The Bertz CT molecular complexity index is 383. The molecule has 0 radical (unpaired) electrons. The average molecular weight is 240 g/mol. The van der Waals surface area contributed by atoms with Gasteiger partial charge in [0, 0.05) is 18.8 Å². The first kappa shape index (κ1) is 11.5. The number of thioether (sulfide) groups is 1. The van der Waals surface area contributed by atoms with Gasteiger partial charge in [0.25, 0.3) is 0 Å². The molecule has 0 bridgehead atoms. The van der Waals surface area contributed by atoms with Crippen LogP contribution in [0.2, 0.25) is 0 Å². The molecule has 0 aromatic carbocycles. The Morgan fingerprint density at radius 1 is 1.62 bits per heavy atom. The molecule has 1 saturated heterocycles. The van der Waals surface area contributed by atoms with E-state index in [2.05, 4.69) is 4.98 Å². The minimum atomic E-state index is -0.757. The van der Waals surface area contributed by atoms with Crippen molar-refractivity contribution >= 4 is 17.7 Å². The molecule has 1 aliphatic rings. The lowest BCUT2D eigenvalue weighted by atomic mass is 9.91. The van der Waals surface area contributed by atoms with Crippen LogP contribution in [0.4, 0.5) is 0 Å². The minimum absolute atomic E-state index is 0.691. The summed E-state index contributed by atoms with van der Waals surface area (Å²) >= 11 is 1.83. The summed E-state index contributed by atoms with van der Waals surface area (Å²) in [7, 11) is 0. The summed E-state index contributed by atoms with van der Waals surface area (Å²) in [6.45, 7) is 2.01. The van der Waals surface area contributed by atoms with Crippen LogP contribution < -0.4 is 0 Å². The first-order valence-corrected chi connectivity index (χ1v) is 6.70. The van der Waals surface area contributed by atoms with Crippen LogP contribution >= 0.6 is 11.8 Å². The number of rotatable bonds is 3. The van der Waals surface area contributed by atoms with Crippen LogP contribution in [0.1, 0.15) is 25.6 Å². The Balaban J connectivity index is 2.42. The normalized spacial score (nSPS) is 19.6. The third kappa shape index (κ3) is 1.73. The molecule has 16 heavy (non-hydrogen) atoms. The predicted octanol–water partition coefficient (Wildman–Crippen LogP) is 1.75. The van der Waals surface area contributed by atoms with Crippen LogP contribution in [0, 0.1) is 0 Å². The quantitative estimate of drug-likeness (QED) is 0.874. The number of imidazole rings is 1. The highest BCUT2D eigenvalue weighted by Crippen LogP contribution is 2.35. The lowest BCUT2D eigenvalue weighted by Crippen LogP contribution is -2.45. The summed E-state index contributed by atoms with van der Waals surface area (Å²) in [5.41, 5.74) is -0.757. The maximum absolute atomic E-state index is 11.6. The van der Waals surface area contributed by atoms with Crippen LogP contribution in [0.3, 0.4) is 0 Å². The van der Waals surface area contributed by atoms with Gasteiger partial charge < -0.3 is 9.67 Å². The van der Waals surface area contributed by atoms with Gasteiger partial charge in [-0.3, -0.25) is 0 Å². The summed E-state index contributed by atoms with van der Waals surface area (Å²) in [4.78, 5) is 15.8. The fraction of sp³-hybridized carbons (Fsp3) is 0.636. The molecule has 4 nitrogen and oxygen atoms in total. The smallest absolute Gasteiger partial charge is 0.329 e. The molecule has 0 aliphatic carbocycles. The molecule has 1 aromatic rings. The lowest BCUT2D eigenvalue weighted by molar-refractivity contribution is -0.148. The van der Waals surface area contributed by atoms with Crippen molar-refractivity contribution in [1.82, 2.24) is 9.55 Å². The maximum atomic E-state index is 11.6. The van der Waals surface area contributed by atoms with E-state index in [4.69, 9.17) is 0 Å². The highest BCUT2D eigenvalue weighted by atomic mass is 32.2. The molecule has 0 unspecified atom stereocenters. The topological polar surface area (TPSA) is 55.1 Å². The first-order valence-electron chi connectivity index (χ1n) is 5.54. The zero-order chi connectivity index (χ0) is 11.6. The average Bonchev–Trinajstić information content (AvgIpc) is 2.78. The summed E-state index contributed by atoms with van der Waals surface area (Å²) in [5.74, 6) is 1.97. The number of aromatic nitrogens is 2. The number of aryl methyl sites for hydroxylation is 1. The Hall–Kier alpha value is -0.970. The molecule has 5 heteroatoms. The fourth-order valence-corrected chi connectivity index (χ4v) is 3.42. The lowest BCUT2D eigenvalue weighted by Gasteiger charge is -2.35. The van der Waals surface area contributed by atoms with Gasteiger partial charge in [-0.25, -0.2) is 9.78 Å². The molecule has 2 rings (SSSR count). The van der Waals surface area contributed by atoms with Crippen LogP contribution in [-0.4, -0.2) is 32.1 Å². The highest BCUT2D eigenvalue weighted by molar-refractivity contribution is 7.99. The van der Waals surface area contributed by atoms with Crippen LogP contribution in [0.25, 0.3) is 0 Å². The second-order valence-corrected chi connectivity index (χ2v) is 5.24. The van der Waals surface area contributed by atoms with Crippen molar-refractivity contribution < 1.29 is 9.90 Å². The number of carboxylic acids is 1. The van der Waals surface area contributed by atoms with Gasteiger partial charge in [0.15, 0.2) is 0 Å². The van der Waals surface area contributed by atoms with E-state index in [1.54, 1.807) is 6.20 Å². The zero-order valence-corrected chi connectivity index (χ0v) is 10.2. The van der Waals surface area contributed by atoms with Gasteiger partial charge in [0.2, 0.25) is 0 Å². The standard InChI is InChI=1S/C11H16N2O2S/c1-2-9-12-5-6-13(9)11(10(14)15)3-7-16-8-4-11/h5-6H,2-4,7-8H2,1H3,(H,14,15). The number of hydrogen-bond acceptors (Lipinski definition) is 3. The fourth-order valence-electron chi connectivity index (χ4n) is 2.25. The van der Waals surface area contributed by atoms with E-state index in [0.29, 0.717) is 12.8 Å². The van der Waals surface area contributed by atoms with Crippen LogP contribution in [-0.2, 0) is 16.8 Å². The second kappa shape index (κ2) is 4.49. The van der Waals surface area contributed by atoms with Gasteiger partial charge in [-0.2, -0.15) is 11.8 Å². The molecule has 2 heterocycles. The summed E-state index contributed by atoms with van der Waals surface area (Å²) in [6, 6.07) is 0. The SMILES string of the molecule is CCc1nccn1C1(C(=O)O)CCSCC1. The second-order valence-electron chi connectivity index (χ2n) is 4.02. The molecular weight excluding hydrogens is 224 g/mol. The molecular formula is C11H16N2O2S. The largest absolute Gasteiger partial charge is 0.479 e. The van der Waals surface area contributed by atoms with Gasteiger partial charge in [-0.05, 0) is 24.3 Å². The van der Waals surface area contributed by atoms with Crippen molar-refractivity contribution in [1.29, 1.82) is 0 Å². The Morgan fingerprint density at radius 2 is 2.31 bits per heavy atom. The van der Waals surface area contributed by atoms with Gasteiger partial charge in [-0.1, -0.05) is 6.92 Å². The van der Waals surface area contributed by atoms with Crippen molar-refractivity contribution in [2.75, 3.05) is 11.5 Å². The van der Waals surface area contributed by atoms with E-state index in [9.17, 15) is 9.90 Å². The molecule has 0 saturated carbocycles. The first-order chi connectivity index (χ1) is 7.70. The van der Waals surface area contributed by atoms with E-state index in [-0.39, 0.29) is 0 Å². The predicted molar refractivity (Wildman–Crippen MR) is 63.8 cm³/mol. The number of carbonyl (C=O) groups is 1. The number of aliphatic carboxylic acids is 1. The summed E-state index contributed by atoms with van der Waals surface area (Å²) in [5, 5.41) is 9.52. The van der Waals surface area contributed by atoms with Crippen LogP contribution in [0.15, 0.2) is 12.4 Å². The molecule has 0 amide bonds. The molecule has 1 N–H and O–H groups in total. The van der Waals surface area contributed by atoms with Crippen LogP contribution in [0.5, 0.6) is 0 Å². The van der Waals surface area contributed by atoms with E-state index in [1.807, 2.05) is 29.4 Å². The third-order valence-electron chi connectivity index (χ3n) is 3.21. The Morgan fingerprint density at radius 3 is 2.88 bits per heavy atom. The van der Waals surface area contributed by atoms with Gasteiger partial charge in [-0.15, -0.1) is 0 Å². The van der Waals surface area contributed by atoms with Crippen molar-refractivity contribution in [3.63, 3.8) is 0 Å². The van der Waals surface area contributed by atoms with Crippen molar-refractivity contribution in [3.8, 4) is 0 Å². The Kier molecular flexibility index (Phi) is 3.23. The van der Waals surface area contributed by atoms with Crippen molar-refractivity contribution in [2.24, 2.45) is 0 Å². The molecule has 1 aliphatic heterocycles. The highest BCUT2D eigenvalue weighted by Gasteiger charge is 2.42. The monoisotopic (exact) mass is 240 g/mol. The number of hydrogen-bond donors (Lipinski definition) is 1. The number of carboxylic acid groups (broad SMARTS) is 1. The molecule has 1 aromatic heterocycles. The van der Waals surface area contributed by atoms with E-state index in [1.165, 1.54) is 0 Å². The molecule has 0 spiro atoms. The molecule has 1 fully saturated rings. The molecule has 88 valence electrons. The summed E-state index contributed by atoms with van der Waals surface area (Å²) < 4.78 is 1.87. The minimum Gasteiger partial charge on any atom is -0.479 e. The zero-order valence-electron chi connectivity index (χ0n) is 9.35. The van der Waals surface area contributed by atoms with Gasteiger partial charge in [0.1, 0.15) is 11.4 Å². The van der Waals surface area contributed by atoms with Gasteiger partial charge >= 0.3 is 5.97 Å². The summed E-state index contributed by atoms with van der Waals surface area (Å²) in [6.07, 6.45) is 5.66.